The van der Waals surface area contributed by atoms with Crippen LogP contribution in [0.4, 0.5) is 5.82 Å². The van der Waals surface area contributed by atoms with Gasteiger partial charge in [-0.05, 0) is 17.5 Å². The van der Waals surface area contributed by atoms with Gasteiger partial charge in [-0.3, -0.25) is 4.79 Å². The number of pyridine rings is 1. The summed E-state index contributed by atoms with van der Waals surface area (Å²) in [5, 5.41) is 4.55. The fourth-order valence-corrected chi connectivity index (χ4v) is 2.09. The Bertz CT molecular complexity index is 768. The number of nitrogens with zero attached hydrogens (tertiary/aromatic N) is 1. The standard InChI is InChI=1S/C15H14N4O2/c16-19-14-12-4-2-1-3-11(12)7-13(18-14)15(20)17-8-10-5-6-21-9-10/h1-7,9H,8,16H2,(H,17,20)(H,18,19). The fraction of sp³-hybridized carbons (Fsp3) is 0.0667. The maximum atomic E-state index is 12.2. The van der Waals surface area contributed by atoms with Gasteiger partial charge >= 0.3 is 0 Å². The molecule has 1 aromatic carbocycles. The quantitative estimate of drug-likeness (QED) is 0.503. The van der Waals surface area contributed by atoms with Gasteiger partial charge in [-0.15, -0.1) is 0 Å². The Hall–Kier alpha value is -2.86. The Balaban J connectivity index is 1.87. The molecule has 0 fully saturated rings. The molecule has 0 aliphatic carbocycles. The minimum Gasteiger partial charge on any atom is -0.472 e. The third kappa shape index (κ3) is 2.70. The van der Waals surface area contributed by atoms with Crippen LogP contribution < -0.4 is 16.6 Å². The van der Waals surface area contributed by atoms with Crippen LogP contribution in [0.1, 0.15) is 16.1 Å². The number of nitrogen functional groups attached to an aromatic ring is 1. The van der Waals surface area contributed by atoms with Crippen LogP contribution in [-0.4, -0.2) is 10.9 Å². The number of anilines is 1. The van der Waals surface area contributed by atoms with Crippen molar-refractivity contribution < 1.29 is 9.21 Å². The topological polar surface area (TPSA) is 93.2 Å². The number of rotatable bonds is 4. The second-order valence-electron chi connectivity index (χ2n) is 4.54. The van der Waals surface area contributed by atoms with Crippen LogP contribution in [0.3, 0.4) is 0 Å². The predicted molar refractivity (Wildman–Crippen MR) is 79.4 cm³/mol. The van der Waals surface area contributed by atoms with E-state index in [2.05, 4.69) is 15.7 Å². The van der Waals surface area contributed by atoms with Crippen LogP contribution in [0.25, 0.3) is 10.8 Å². The van der Waals surface area contributed by atoms with Gasteiger partial charge in [-0.2, -0.15) is 0 Å². The summed E-state index contributed by atoms with van der Waals surface area (Å²) >= 11 is 0. The molecule has 0 aliphatic rings. The molecule has 106 valence electrons. The number of fused-ring (bicyclic) bond motifs is 1. The van der Waals surface area contributed by atoms with E-state index in [-0.39, 0.29) is 5.91 Å². The van der Waals surface area contributed by atoms with Gasteiger partial charge in [0.05, 0.1) is 12.5 Å². The maximum Gasteiger partial charge on any atom is 0.270 e. The molecule has 3 rings (SSSR count). The average Bonchev–Trinajstić information content (AvgIpc) is 3.04. The summed E-state index contributed by atoms with van der Waals surface area (Å²) in [5.74, 6) is 5.69. The molecule has 0 radical (unpaired) electrons. The third-order valence-electron chi connectivity index (χ3n) is 3.14. The molecule has 0 atom stereocenters. The van der Waals surface area contributed by atoms with Crippen molar-refractivity contribution in [2.24, 2.45) is 5.84 Å². The van der Waals surface area contributed by atoms with Crippen LogP contribution in [-0.2, 0) is 6.54 Å². The summed E-state index contributed by atoms with van der Waals surface area (Å²) in [6, 6.07) is 11.1. The van der Waals surface area contributed by atoms with Crippen molar-refractivity contribution in [1.82, 2.24) is 10.3 Å². The number of benzene rings is 1. The molecule has 4 N–H and O–H groups in total. The highest BCUT2D eigenvalue weighted by atomic mass is 16.3. The van der Waals surface area contributed by atoms with Crippen LogP contribution in [0.15, 0.2) is 53.3 Å². The molecule has 0 saturated carbocycles. The molecule has 1 amide bonds. The van der Waals surface area contributed by atoms with Gasteiger partial charge in [0.1, 0.15) is 11.5 Å². The van der Waals surface area contributed by atoms with E-state index in [1.165, 1.54) is 0 Å². The molecule has 3 aromatic rings. The highest BCUT2D eigenvalue weighted by Crippen LogP contribution is 2.21. The number of aromatic nitrogens is 1. The Kier molecular flexibility index (Phi) is 3.53. The molecule has 2 heterocycles. The first-order valence-electron chi connectivity index (χ1n) is 6.43. The molecular formula is C15H14N4O2. The number of carbonyl (C=O) groups is 1. The minimum atomic E-state index is -0.265. The van der Waals surface area contributed by atoms with Crippen molar-refractivity contribution >= 4 is 22.5 Å². The van der Waals surface area contributed by atoms with Crippen LogP contribution in [0.5, 0.6) is 0 Å². The Morgan fingerprint density at radius 3 is 2.90 bits per heavy atom. The molecule has 6 heteroatoms. The van der Waals surface area contributed by atoms with E-state index in [1.807, 2.05) is 24.3 Å². The molecule has 0 aliphatic heterocycles. The number of carbonyl (C=O) groups excluding carboxylic acids is 1. The van der Waals surface area contributed by atoms with Gasteiger partial charge < -0.3 is 15.2 Å². The lowest BCUT2D eigenvalue weighted by Gasteiger charge is -2.08. The van der Waals surface area contributed by atoms with Crippen molar-refractivity contribution in [3.8, 4) is 0 Å². The van der Waals surface area contributed by atoms with Gasteiger partial charge in [0.15, 0.2) is 0 Å². The fourth-order valence-electron chi connectivity index (χ4n) is 2.09. The van der Waals surface area contributed by atoms with Gasteiger partial charge in [0, 0.05) is 17.5 Å². The SMILES string of the molecule is NNc1nc(C(=O)NCc2ccoc2)cc2ccccc12. The second-order valence-corrected chi connectivity index (χ2v) is 4.54. The first-order valence-corrected chi connectivity index (χ1v) is 6.43. The van der Waals surface area contributed by atoms with Gasteiger partial charge in [0.25, 0.3) is 5.91 Å². The van der Waals surface area contributed by atoms with Crippen molar-refractivity contribution in [3.63, 3.8) is 0 Å². The normalized spacial score (nSPS) is 10.5. The zero-order chi connectivity index (χ0) is 14.7. The second kappa shape index (κ2) is 5.64. The molecule has 0 bridgehead atoms. The van der Waals surface area contributed by atoms with E-state index in [0.717, 1.165) is 16.3 Å². The number of amides is 1. The van der Waals surface area contributed by atoms with Crippen LogP contribution in [0.2, 0.25) is 0 Å². The van der Waals surface area contributed by atoms with E-state index in [0.29, 0.717) is 18.1 Å². The summed E-state index contributed by atoms with van der Waals surface area (Å²) in [4.78, 5) is 16.4. The van der Waals surface area contributed by atoms with Crippen molar-refractivity contribution in [2.75, 3.05) is 5.43 Å². The van der Waals surface area contributed by atoms with E-state index >= 15 is 0 Å². The monoisotopic (exact) mass is 282 g/mol. The zero-order valence-corrected chi connectivity index (χ0v) is 11.2. The Morgan fingerprint density at radius 1 is 1.29 bits per heavy atom. The molecule has 0 spiro atoms. The number of hydrogen-bond donors (Lipinski definition) is 3. The largest absolute Gasteiger partial charge is 0.472 e. The van der Waals surface area contributed by atoms with Crippen LogP contribution >= 0.6 is 0 Å². The third-order valence-corrected chi connectivity index (χ3v) is 3.14. The van der Waals surface area contributed by atoms with Gasteiger partial charge in [0.2, 0.25) is 0 Å². The number of nitrogens with two attached hydrogens (primary N) is 1. The lowest BCUT2D eigenvalue weighted by Crippen LogP contribution is -2.24. The van der Waals surface area contributed by atoms with E-state index in [1.54, 1.807) is 24.7 Å². The molecular weight excluding hydrogens is 268 g/mol. The Labute approximate surface area is 120 Å². The van der Waals surface area contributed by atoms with E-state index < -0.39 is 0 Å². The maximum absolute atomic E-state index is 12.2. The molecule has 0 unspecified atom stereocenters. The molecule has 6 nitrogen and oxygen atoms in total. The lowest BCUT2D eigenvalue weighted by molar-refractivity contribution is 0.0946. The summed E-state index contributed by atoms with van der Waals surface area (Å²) in [5.41, 5.74) is 3.73. The summed E-state index contributed by atoms with van der Waals surface area (Å²) in [7, 11) is 0. The van der Waals surface area contributed by atoms with E-state index in [9.17, 15) is 4.79 Å². The first kappa shape index (κ1) is 13.1. The summed E-state index contributed by atoms with van der Waals surface area (Å²) < 4.78 is 4.95. The average molecular weight is 282 g/mol. The van der Waals surface area contributed by atoms with Crippen molar-refractivity contribution in [3.05, 3.63) is 60.2 Å². The summed E-state index contributed by atoms with van der Waals surface area (Å²) in [6.07, 6.45) is 3.15. The number of hydrogen-bond acceptors (Lipinski definition) is 5. The Morgan fingerprint density at radius 2 is 2.14 bits per heavy atom. The highest BCUT2D eigenvalue weighted by Gasteiger charge is 2.11. The zero-order valence-electron chi connectivity index (χ0n) is 11.2. The summed E-state index contributed by atoms with van der Waals surface area (Å²) in [6.45, 7) is 0.384. The van der Waals surface area contributed by atoms with Gasteiger partial charge in [-0.1, -0.05) is 24.3 Å². The molecule has 21 heavy (non-hydrogen) atoms. The van der Waals surface area contributed by atoms with Crippen molar-refractivity contribution in [1.29, 1.82) is 0 Å². The van der Waals surface area contributed by atoms with E-state index in [4.69, 9.17) is 10.3 Å². The molecule has 2 aromatic heterocycles. The number of nitrogens with one attached hydrogen (secondary N) is 2. The van der Waals surface area contributed by atoms with Gasteiger partial charge in [-0.25, -0.2) is 10.8 Å². The highest BCUT2D eigenvalue weighted by molar-refractivity contribution is 6.00. The van der Waals surface area contributed by atoms with Crippen LogP contribution in [0, 0.1) is 0 Å². The smallest absolute Gasteiger partial charge is 0.270 e. The predicted octanol–water partition coefficient (Wildman–Crippen LogP) is 2.04. The number of furan rings is 1. The minimum absolute atomic E-state index is 0.265. The number of hydrazine groups is 1. The lowest BCUT2D eigenvalue weighted by atomic mass is 10.1. The first-order chi connectivity index (χ1) is 10.3. The van der Waals surface area contributed by atoms with Crippen molar-refractivity contribution in [2.45, 2.75) is 6.54 Å². The molecule has 0 saturated heterocycles.